The van der Waals surface area contributed by atoms with E-state index in [-0.39, 0.29) is 0 Å². The van der Waals surface area contributed by atoms with Crippen LogP contribution in [-0.4, -0.2) is 12.1 Å². The van der Waals surface area contributed by atoms with Crippen molar-refractivity contribution in [3.63, 3.8) is 0 Å². The first-order valence-electron chi connectivity index (χ1n) is 2.45. The Kier molecular flexibility index (Phi) is 3.76. The lowest BCUT2D eigenvalue weighted by Gasteiger charge is -1.82. The molecule has 0 heterocycles. The van der Waals surface area contributed by atoms with Gasteiger partial charge in [0.15, 0.2) is 0 Å². The van der Waals surface area contributed by atoms with Crippen LogP contribution in [0.1, 0.15) is 13.8 Å². The van der Waals surface area contributed by atoms with Crippen LogP contribution in [-0.2, 0) is 0 Å². The number of amidine groups is 1. The van der Waals surface area contributed by atoms with E-state index < -0.39 is 0 Å². The van der Waals surface area contributed by atoms with Gasteiger partial charge in [0.05, 0.1) is 0 Å². The van der Waals surface area contributed by atoms with Crippen molar-refractivity contribution in [2.24, 2.45) is 9.98 Å². The minimum atomic E-state index is 0.738. The molecule has 2 nitrogen and oxygen atoms in total. The summed E-state index contributed by atoms with van der Waals surface area (Å²) in [7, 11) is 0. The normalized spacial score (nSPS) is 12.5. The smallest absolute Gasteiger partial charge is 0.124 e. The quantitative estimate of drug-likeness (QED) is 0.362. The number of nitrogens with zero attached hydrogens (tertiary/aromatic N) is 2. The number of rotatable bonds is 1. The van der Waals surface area contributed by atoms with Crippen molar-refractivity contribution in [1.29, 1.82) is 0 Å². The van der Waals surface area contributed by atoms with Crippen LogP contribution in [0.15, 0.2) is 22.8 Å². The summed E-state index contributed by atoms with van der Waals surface area (Å²) in [6.45, 7) is 7.09. The summed E-state index contributed by atoms with van der Waals surface area (Å²) in [5.41, 5.74) is 0. The van der Waals surface area contributed by atoms with Crippen molar-refractivity contribution in [2.45, 2.75) is 13.8 Å². The highest BCUT2D eigenvalue weighted by atomic mass is 14.9. The molecule has 0 aromatic rings. The third-order valence-electron chi connectivity index (χ3n) is 0.594. The fourth-order valence-electron chi connectivity index (χ4n) is 0.352. The van der Waals surface area contributed by atoms with E-state index in [1.807, 2.05) is 13.8 Å². The van der Waals surface area contributed by atoms with E-state index in [0.717, 1.165) is 5.84 Å². The van der Waals surface area contributed by atoms with Crippen molar-refractivity contribution in [3.8, 4) is 0 Å². The molecule has 44 valence electrons. The molecule has 8 heavy (non-hydrogen) atoms. The predicted molar refractivity (Wildman–Crippen MR) is 37.5 cm³/mol. The molecule has 0 aromatic carbocycles. The third-order valence-corrected chi connectivity index (χ3v) is 0.594. The highest BCUT2D eigenvalue weighted by molar-refractivity contribution is 5.87. The predicted octanol–water partition coefficient (Wildman–Crippen LogP) is 1.64. The molecule has 0 fully saturated rings. The molecule has 0 unspecified atom stereocenters. The summed E-state index contributed by atoms with van der Waals surface area (Å²) < 4.78 is 0. The van der Waals surface area contributed by atoms with Gasteiger partial charge in [0.25, 0.3) is 0 Å². The van der Waals surface area contributed by atoms with E-state index in [9.17, 15) is 0 Å². The Labute approximate surface area is 49.7 Å². The standard InChI is InChI=1S/C6H10N2/c1-4-7-6(3)8-5-2/h4-5H,1H2,2-3H3/b7-6-,8-5-. The van der Waals surface area contributed by atoms with Gasteiger partial charge < -0.3 is 0 Å². The Bertz CT molecular complexity index is 122. The summed E-state index contributed by atoms with van der Waals surface area (Å²) in [5, 5.41) is 0. The molecular formula is C6H10N2. The third kappa shape index (κ3) is 3.28. The maximum Gasteiger partial charge on any atom is 0.124 e. The zero-order valence-corrected chi connectivity index (χ0v) is 5.26. The molecule has 0 aliphatic carbocycles. The number of aliphatic imine (C=N–C) groups is 2. The van der Waals surface area contributed by atoms with Gasteiger partial charge in [-0.25, -0.2) is 9.98 Å². The molecule has 0 saturated carbocycles. The van der Waals surface area contributed by atoms with Crippen LogP contribution in [0.25, 0.3) is 0 Å². The van der Waals surface area contributed by atoms with E-state index in [1.165, 1.54) is 6.20 Å². The van der Waals surface area contributed by atoms with Gasteiger partial charge in [-0.1, -0.05) is 6.58 Å². The van der Waals surface area contributed by atoms with Gasteiger partial charge >= 0.3 is 0 Å². The summed E-state index contributed by atoms with van der Waals surface area (Å²) in [5.74, 6) is 0.738. The van der Waals surface area contributed by atoms with Gasteiger partial charge in [0, 0.05) is 12.4 Å². The largest absolute Gasteiger partial charge is 0.246 e. The minimum Gasteiger partial charge on any atom is -0.246 e. The molecule has 0 N–H and O–H groups in total. The van der Waals surface area contributed by atoms with Gasteiger partial charge in [0.2, 0.25) is 0 Å². The van der Waals surface area contributed by atoms with E-state index in [4.69, 9.17) is 0 Å². The Morgan fingerprint density at radius 2 is 2.25 bits per heavy atom. The molecule has 0 aliphatic rings. The van der Waals surface area contributed by atoms with Crippen LogP contribution in [0.3, 0.4) is 0 Å². The molecule has 0 aromatic heterocycles. The maximum atomic E-state index is 3.87. The van der Waals surface area contributed by atoms with E-state index in [1.54, 1.807) is 6.21 Å². The Morgan fingerprint density at radius 3 is 2.62 bits per heavy atom. The molecule has 0 spiro atoms. The van der Waals surface area contributed by atoms with Crippen LogP contribution in [0.2, 0.25) is 0 Å². The van der Waals surface area contributed by atoms with Crippen molar-refractivity contribution in [3.05, 3.63) is 12.8 Å². The van der Waals surface area contributed by atoms with Gasteiger partial charge in [-0.2, -0.15) is 0 Å². The summed E-state index contributed by atoms with van der Waals surface area (Å²) in [4.78, 5) is 7.66. The first-order chi connectivity index (χ1) is 3.81. The molecule has 0 aliphatic heterocycles. The number of hydrogen-bond acceptors (Lipinski definition) is 1. The molecule has 2 heteroatoms. The molecular weight excluding hydrogens is 100 g/mol. The zero-order chi connectivity index (χ0) is 6.41. The van der Waals surface area contributed by atoms with E-state index in [0.29, 0.717) is 0 Å². The molecule has 0 rings (SSSR count). The fourth-order valence-corrected chi connectivity index (χ4v) is 0.352. The van der Waals surface area contributed by atoms with Crippen LogP contribution < -0.4 is 0 Å². The van der Waals surface area contributed by atoms with Crippen LogP contribution in [0, 0.1) is 0 Å². The summed E-state index contributed by atoms with van der Waals surface area (Å²) >= 11 is 0. The first kappa shape index (κ1) is 7.08. The van der Waals surface area contributed by atoms with Gasteiger partial charge in [0.1, 0.15) is 5.84 Å². The summed E-state index contributed by atoms with van der Waals surface area (Å²) in [6.07, 6.45) is 3.17. The second-order valence-electron chi connectivity index (χ2n) is 1.25. The topological polar surface area (TPSA) is 24.7 Å². The van der Waals surface area contributed by atoms with E-state index in [2.05, 4.69) is 16.6 Å². The van der Waals surface area contributed by atoms with Crippen molar-refractivity contribution in [2.75, 3.05) is 0 Å². The Morgan fingerprint density at radius 1 is 1.62 bits per heavy atom. The average molecular weight is 110 g/mol. The lowest BCUT2D eigenvalue weighted by Crippen LogP contribution is -1.81. The highest BCUT2D eigenvalue weighted by Crippen LogP contribution is 1.77. The molecule has 0 radical (unpaired) electrons. The Balaban J connectivity index is 3.79. The van der Waals surface area contributed by atoms with Crippen molar-refractivity contribution < 1.29 is 0 Å². The van der Waals surface area contributed by atoms with Crippen LogP contribution >= 0.6 is 0 Å². The summed E-state index contributed by atoms with van der Waals surface area (Å²) in [6, 6.07) is 0. The molecule has 0 amide bonds. The van der Waals surface area contributed by atoms with Gasteiger partial charge in [-0.05, 0) is 13.8 Å². The van der Waals surface area contributed by atoms with Gasteiger partial charge in [-0.15, -0.1) is 0 Å². The minimum absolute atomic E-state index is 0.738. The van der Waals surface area contributed by atoms with E-state index >= 15 is 0 Å². The lowest BCUT2D eigenvalue weighted by molar-refractivity contribution is 1.47. The maximum absolute atomic E-state index is 3.87. The SMILES string of the molecule is C=C/N=C(C)\N=C/C. The van der Waals surface area contributed by atoms with Gasteiger partial charge in [-0.3, -0.25) is 0 Å². The second-order valence-corrected chi connectivity index (χ2v) is 1.25. The van der Waals surface area contributed by atoms with Crippen molar-refractivity contribution in [1.82, 2.24) is 0 Å². The second kappa shape index (κ2) is 4.24. The molecule has 0 atom stereocenters. The zero-order valence-electron chi connectivity index (χ0n) is 5.26. The first-order valence-corrected chi connectivity index (χ1v) is 2.45. The van der Waals surface area contributed by atoms with Crippen LogP contribution in [0.5, 0.6) is 0 Å². The molecule has 0 saturated heterocycles. The molecule has 0 bridgehead atoms. The average Bonchev–Trinajstić information content (AvgIpc) is 1.68. The lowest BCUT2D eigenvalue weighted by atomic mass is 10.7. The monoisotopic (exact) mass is 110 g/mol. The van der Waals surface area contributed by atoms with Crippen molar-refractivity contribution >= 4 is 12.1 Å². The number of hydrogen-bond donors (Lipinski definition) is 0. The fraction of sp³-hybridized carbons (Fsp3) is 0.333. The van der Waals surface area contributed by atoms with Crippen LogP contribution in [0.4, 0.5) is 0 Å². The highest BCUT2D eigenvalue weighted by Gasteiger charge is 1.74. The Hall–Kier alpha value is -0.920.